The molecule has 1 aromatic carbocycles. The van der Waals surface area contributed by atoms with Crippen LogP contribution in [0.4, 0.5) is 0 Å². The van der Waals surface area contributed by atoms with Crippen molar-refractivity contribution in [1.82, 2.24) is 30.0 Å². The maximum atomic E-state index is 4.47. The molecule has 23 heavy (non-hydrogen) atoms. The predicted octanol–water partition coefficient (Wildman–Crippen LogP) is 2.58. The number of H-pyrrole nitrogens is 1. The van der Waals surface area contributed by atoms with E-state index in [0.717, 1.165) is 23.0 Å². The first kappa shape index (κ1) is 15.4. The molecule has 0 bridgehead atoms. The highest BCUT2D eigenvalue weighted by Crippen LogP contribution is 2.18. The van der Waals surface area contributed by atoms with Crippen LogP contribution in [0.5, 0.6) is 0 Å². The Kier molecular flexibility index (Phi) is 4.25. The Morgan fingerprint density at radius 3 is 2.57 bits per heavy atom. The largest absolute Gasteiger partial charge is 0.344 e. The van der Waals surface area contributed by atoms with Gasteiger partial charge in [-0.2, -0.15) is 0 Å². The van der Waals surface area contributed by atoms with Gasteiger partial charge in [0.25, 0.3) is 0 Å². The first-order chi connectivity index (χ1) is 11.0. The van der Waals surface area contributed by atoms with Gasteiger partial charge in [0.05, 0.1) is 12.2 Å². The van der Waals surface area contributed by atoms with E-state index >= 15 is 0 Å². The lowest BCUT2D eigenvalue weighted by Crippen LogP contribution is -2.16. The predicted molar refractivity (Wildman–Crippen MR) is 89.2 cm³/mol. The van der Waals surface area contributed by atoms with Crippen molar-refractivity contribution in [2.45, 2.75) is 39.3 Å². The van der Waals surface area contributed by atoms with Crippen LogP contribution >= 0.6 is 0 Å². The quantitative estimate of drug-likeness (QED) is 0.760. The SMILES string of the molecule is CC(C)(C)c1ncc(CNCc2ncn(-c3ccccc3)n2)[nH]1. The second-order valence-corrected chi connectivity index (χ2v) is 6.55. The van der Waals surface area contributed by atoms with Crippen molar-refractivity contribution in [2.75, 3.05) is 0 Å². The second kappa shape index (κ2) is 6.34. The summed E-state index contributed by atoms with van der Waals surface area (Å²) in [5.41, 5.74) is 2.11. The van der Waals surface area contributed by atoms with Crippen LogP contribution in [0.15, 0.2) is 42.9 Å². The van der Waals surface area contributed by atoms with E-state index in [1.54, 1.807) is 11.0 Å². The van der Waals surface area contributed by atoms with Crippen LogP contribution in [0.2, 0.25) is 0 Å². The molecule has 6 heteroatoms. The zero-order valence-corrected chi connectivity index (χ0v) is 13.7. The van der Waals surface area contributed by atoms with Gasteiger partial charge in [0.2, 0.25) is 0 Å². The van der Waals surface area contributed by atoms with Crippen molar-refractivity contribution in [3.8, 4) is 5.69 Å². The van der Waals surface area contributed by atoms with Gasteiger partial charge in [-0.05, 0) is 12.1 Å². The third kappa shape index (κ3) is 3.84. The average molecular weight is 310 g/mol. The number of hydrogen-bond acceptors (Lipinski definition) is 4. The zero-order chi connectivity index (χ0) is 16.3. The van der Waals surface area contributed by atoms with Crippen molar-refractivity contribution in [3.05, 3.63) is 60.2 Å². The van der Waals surface area contributed by atoms with Gasteiger partial charge in [-0.15, -0.1) is 5.10 Å². The van der Waals surface area contributed by atoms with Gasteiger partial charge >= 0.3 is 0 Å². The first-order valence-corrected chi connectivity index (χ1v) is 7.73. The van der Waals surface area contributed by atoms with E-state index in [0.29, 0.717) is 13.1 Å². The van der Waals surface area contributed by atoms with Crippen molar-refractivity contribution in [3.63, 3.8) is 0 Å². The van der Waals surface area contributed by atoms with Crippen molar-refractivity contribution >= 4 is 0 Å². The number of hydrogen-bond donors (Lipinski definition) is 2. The van der Waals surface area contributed by atoms with Crippen LogP contribution in [-0.4, -0.2) is 24.7 Å². The Hall–Kier alpha value is -2.47. The fraction of sp³-hybridized carbons (Fsp3) is 0.353. The molecule has 2 heterocycles. The Labute approximate surface area is 136 Å². The molecular formula is C17H22N6. The molecule has 0 amide bonds. The minimum Gasteiger partial charge on any atom is -0.344 e. The van der Waals surface area contributed by atoms with Crippen LogP contribution in [0.3, 0.4) is 0 Å². The van der Waals surface area contributed by atoms with Gasteiger partial charge in [-0.25, -0.2) is 14.6 Å². The standard InChI is InChI=1S/C17H22N6/c1-17(2,3)16-19-10-13(21-16)9-18-11-15-20-12-23(22-15)14-7-5-4-6-8-14/h4-8,10,12,18H,9,11H2,1-3H3,(H,19,21). The first-order valence-electron chi connectivity index (χ1n) is 7.73. The van der Waals surface area contributed by atoms with E-state index in [1.165, 1.54) is 0 Å². The Balaban J connectivity index is 1.55. The van der Waals surface area contributed by atoms with E-state index in [-0.39, 0.29) is 5.41 Å². The van der Waals surface area contributed by atoms with Crippen LogP contribution in [0, 0.1) is 0 Å². The minimum absolute atomic E-state index is 0.0360. The van der Waals surface area contributed by atoms with Gasteiger partial charge in [0, 0.05) is 23.9 Å². The second-order valence-electron chi connectivity index (χ2n) is 6.55. The van der Waals surface area contributed by atoms with Crippen LogP contribution in [0.1, 0.15) is 38.1 Å². The number of aromatic amines is 1. The summed E-state index contributed by atoms with van der Waals surface area (Å²) in [7, 11) is 0. The molecule has 0 atom stereocenters. The lowest BCUT2D eigenvalue weighted by atomic mass is 9.96. The highest BCUT2D eigenvalue weighted by atomic mass is 15.3. The molecule has 120 valence electrons. The summed E-state index contributed by atoms with van der Waals surface area (Å²) in [6, 6.07) is 9.97. The molecule has 0 saturated carbocycles. The topological polar surface area (TPSA) is 71.4 Å². The number of nitrogens with one attached hydrogen (secondary N) is 2. The number of aromatic nitrogens is 5. The molecule has 2 aromatic heterocycles. The van der Waals surface area contributed by atoms with Crippen molar-refractivity contribution in [2.24, 2.45) is 0 Å². The van der Waals surface area contributed by atoms with Gasteiger partial charge in [-0.1, -0.05) is 39.0 Å². The van der Waals surface area contributed by atoms with E-state index in [2.05, 4.69) is 46.1 Å². The number of imidazole rings is 1. The maximum absolute atomic E-state index is 4.47. The van der Waals surface area contributed by atoms with Gasteiger partial charge in [-0.3, -0.25) is 0 Å². The number of benzene rings is 1. The lowest BCUT2D eigenvalue weighted by Gasteiger charge is -2.14. The molecule has 0 aliphatic rings. The maximum Gasteiger partial charge on any atom is 0.164 e. The molecule has 3 aromatic rings. The Morgan fingerprint density at radius 1 is 1.09 bits per heavy atom. The number of nitrogens with zero attached hydrogens (tertiary/aromatic N) is 4. The molecular weight excluding hydrogens is 288 g/mol. The van der Waals surface area contributed by atoms with Gasteiger partial charge in [0.1, 0.15) is 12.2 Å². The lowest BCUT2D eigenvalue weighted by molar-refractivity contribution is 0.549. The van der Waals surface area contributed by atoms with Crippen molar-refractivity contribution in [1.29, 1.82) is 0 Å². The summed E-state index contributed by atoms with van der Waals surface area (Å²) in [5.74, 6) is 1.77. The van der Waals surface area contributed by atoms with Crippen LogP contribution < -0.4 is 5.32 Å². The normalized spacial score (nSPS) is 11.8. The fourth-order valence-electron chi connectivity index (χ4n) is 2.22. The molecule has 3 rings (SSSR count). The zero-order valence-electron chi connectivity index (χ0n) is 13.7. The molecule has 0 saturated heterocycles. The monoisotopic (exact) mass is 310 g/mol. The average Bonchev–Trinajstić information content (AvgIpc) is 3.17. The van der Waals surface area contributed by atoms with E-state index in [9.17, 15) is 0 Å². The summed E-state index contributed by atoms with van der Waals surface area (Å²) in [6.45, 7) is 7.75. The smallest absolute Gasteiger partial charge is 0.164 e. The molecule has 6 nitrogen and oxygen atoms in total. The summed E-state index contributed by atoms with van der Waals surface area (Å²) < 4.78 is 1.78. The van der Waals surface area contributed by atoms with Gasteiger partial charge in [0.15, 0.2) is 5.82 Å². The summed E-state index contributed by atoms with van der Waals surface area (Å²) in [5, 5.41) is 7.81. The molecule has 0 spiro atoms. The van der Waals surface area contributed by atoms with E-state index in [4.69, 9.17) is 0 Å². The summed E-state index contributed by atoms with van der Waals surface area (Å²) >= 11 is 0. The Morgan fingerprint density at radius 2 is 1.87 bits per heavy atom. The molecule has 0 fully saturated rings. The third-order valence-electron chi connectivity index (χ3n) is 3.50. The highest BCUT2D eigenvalue weighted by molar-refractivity contribution is 5.29. The molecule has 0 unspecified atom stereocenters. The Bertz CT molecular complexity index is 751. The minimum atomic E-state index is 0.0360. The fourth-order valence-corrected chi connectivity index (χ4v) is 2.22. The van der Waals surface area contributed by atoms with Crippen LogP contribution in [0.25, 0.3) is 5.69 Å². The van der Waals surface area contributed by atoms with E-state index in [1.807, 2.05) is 36.5 Å². The highest BCUT2D eigenvalue weighted by Gasteiger charge is 2.17. The molecule has 0 aliphatic heterocycles. The van der Waals surface area contributed by atoms with E-state index < -0.39 is 0 Å². The number of para-hydroxylation sites is 1. The van der Waals surface area contributed by atoms with Crippen molar-refractivity contribution < 1.29 is 0 Å². The third-order valence-corrected chi connectivity index (χ3v) is 3.50. The van der Waals surface area contributed by atoms with Crippen LogP contribution in [-0.2, 0) is 18.5 Å². The molecule has 2 N–H and O–H groups in total. The molecule has 0 aliphatic carbocycles. The summed E-state index contributed by atoms with van der Waals surface area (Å²) in [4.78, 5) is 12.1. The number of rotatable bonds is 5. The summed E-state index contributed by atoms with van der Waals surface area (Å²) in [6.07, 6.45) is 3.61. The van der Waals surface area contributed by atoms with Gasteiger partial charge < -0.3 is 10.3 Å². The molecule has 0 radical (unpaired) electrons.